The quantitative estimate of drug-likeness (QED) is 0.518. The second kappa shape index (κ2) is 9.65. The molecule has 0 bridgehead atoms. The first-order valence-corrected chi connectivity index (χ1v) is 11.2. The maximum absolute atomic E-state index is 13.5. The van der Waals surface area contributed by atoms with E-state index in [0.717, 1.165) is 16.7 Å². The number of hydrogen-bond acceptors (Lipinski definition) is 4. The summed E-state index contributed by atoms with van der Waals surface area (Å²) in [6.07, 6.45) is 3.35. The van der Waals surface area contributed by atoms with Crippen LogP contribution in [0, 0.1) is 11.6 Å². The summed E-state index contributed by atoms with van der Waals surface area (Å²) in [6, 6.07) is 18.2. The number of ether oxygens (including phenoxy) is 2. The molecule has 7 heteroatoms. The lowest BCUT2D eigenvalue weighted by Crippen LogP contribution is -2.49. The van der Waals surface area contributed by atoms with E-state index in [2.05, 4.69) is 4.90 Å². The van der Waals surface area contributed by atoms with Crippen LogP contribution in [0.1, 0.15) is 22.7 Å². The monoisotopic (exact) mass is 462 g/mol. The number of carbonyl (C=O) groups excluding carboxylic acids is 1. The van der Waals surface area contributed by atoms with Crippen molar-refractivity contribution in [3.8, 4) is 11.5 Å². The van der Waals surface area contributed by atoms with Crippen molar-refractivity contribution in [2.75, 3.05) is 33.0 Å². The predicted octanol–water partition coefficient (Wildman–Crippen LogP) is 4.64. The van der Waals surface area contributed by atoms with Crippen LogP contribution in [-0.4, -0.2) is 48.7 Å². The van der Waals surface area contributed by atoms with Gasteiger partial charge in [-0.05, 0) is 59.2 Å². The minimum atomic E-state index is -0.300. The summed E-state index contributed by atoms with van der Waals surface area (Å²) in [5.74, 6) is 0.724. The Morgan fingerprint density at radius 1 is 0.794 bits per heavy atom. The third kappa shape index (κ3) is 4.79. The van der Waals surface area contributed by atoms with Crippen LogP contribution >= 0.6 is 0 Å². The fourth-order valence-corrected chi connectivity index (χ4v) is 4.39. The number of hydrogen-bond donors (Lipinski definition) is 0. The summed E-state index contributed by atoms with van der Waals surface area (Å²) in [4.78, 5) is 16.8. The fourth-order valence-electron chi connectivity index (χ4n) is 4.39. The molecule has 5 nitrogen and oxygen atoms in total. The highest BCUT2D eigenvalue weighted by molar-refractivity contribution is 5.92. The summed E-state index contributed by atoms with van der Waals surface area (Å²) in [6.45, 7) is 2.61. The molecule has 2 aliphatic heterocycles. The number of halogens is 2. The summed E-state index contributed by atoms with van der Waals surface area (Å²) in [7, 11) is 0. The summed E-state index contributed by atoms with van der Waals surface area (Å²) < 4.78 is 37.7. The zero-order valence-corrected chi connectivity index (χ0v) is 18.5. The van der Waals surface area contributed by atoms with E-state index in [1.165, 1.54) is 24.3 Å². The molecule has 0 atom stereocenters. The van der Waals surface area contributed by atoms with Crippen LogP contribution in [-0.2, 0) is 4.79 Å². The molecule has 5 rings (SSSR count). The highest BCUT2D eigenvalue weighted by Crippen LogP contribution is 2.33. The van der Waals surface area contributed by atoms with Gasteiger partial charge in [0.2, 0.25) is 12.7 Å². The molecule has 0 unspecified atom stereocenters. The van der Waals surface area contributed by atoms with Crippen molar-refractivity contribution in [3.05, 3.63) is 101 Å². The van der Waals surface area contributed by atoms with Crippen LogP contribution in [0.25, 0.3) is 6.08 Å². The van der Waals surface area contributed by atoms with E-state index >= 15 is 0 Å². The highest BCUT2D eigenvalue weighted by Gasteiger charge is 2.27. The molecule has 34 heavy (non-hydrogen) atoms. The van der Waals surface area contributed by atoms with Crippen molar-refractivity contribution in [1.82, 2.24) is 9.80 Å². The first-order chi connectivity index (χ1) is 16.6. The second-order valence-electron chi connectivity index (χ2n) is 8.31. The number of carbonyl (C=O) groups is 1. The second-order valence-corrected chi connectivity index (χ2v) is 8.31. The van der Waals surface area contributed by atoms with Gasteiger partial charge in [-0.15, -0.1) is 0 Å². The molecule has 0 spiro atoms. The Morgan fingerprint density at radius 2 is 1.38 bits per heavy atom. The zero-order chi connectivity index (χ0) is 23.5. The molecule has 1 amide bonds. The maximum atomic E-state index is 13.5. The van der Waals surface area contributed by atoms with Gasteiger partial charge in [0.25, 0.3) is 0 Å². The smallest absolute Gasteiger partial charge is 0.246 e. The number of amides is 1. The molecule has 174 valence electrons. The molecule has 3 aromatic carbocycles. The predicted molar refractivity (Wildman–Crippen MR) is 124 cm³/mol. The van der Waals surface area contributed by atoms with Gasteiger partial charge in [0, 0.05) is 32.3 Å². The van der Waals surface area contributed by atoms with Crippen LogP contribution in [0.3, 0.4) is 0 Å². The molecular weight excluding hydrogens is 438 g/mol. The van der Waals surface area contributed by atoms with Crippen molar-refractivity contribution >= 4 is 12.0 Å². The number of rotatable bonds is 5. The Morgan fingerprint density at radius 3 is 2.00 bits per heavy atom. The Kier molecular flexibility index (Phi) is 6.27. The number of nitrogens with zero attached hydrogens (tertiary/aromatic N) is 2. The van der Waals surface area contributed by atoms with Gasteiger partial charge in [0.15, 0.2) is 11.5 Å². The SMILES string of the molecule is O=C(/C=C/c1ccc2c(c1)OCO2)N1CCN(C(c2ccc(F)cc2)c2ccc(F)cc2)CC1. The van der Waals surface area contributed by atoms with Gasteiger partial charge in [-0.1, -0.05) is 30.3 Å². The van der Waals surface area contributed by atoms with Crippen molar-refractivity contribution in [2.45, 2.75) is 6.04 Å². The number of fused-ring (bicyclic) bond motifs is 1. The Labute approximate surface area is 196 Å². The van der Waals surface area contributed by atoms with E-state index in [9.17, 15) is 13.6 Å². The van der Waals surface area contributed by atoms with E-state index in [1.54, 1.807) is 36.4 Å². The lowest BCUT2D eigenvalue weighted by molar-refractivity contribution is -0.127. The molecule has 0 aromatic heterocycles. The van der Waals surface area contributed by atoms with Crippen molar-refractivity contribution < 1.29 is 23.0 Å². The number of piperazine rings is 1. The molecule has 1 fully saturated rings. The molecule has 0 N–H and O–H groups in total. The Hall–Kier alpha value is -3.71. The van der Waals surface area contributed by atoms with Crippen LogP contribution in [0.2, 0.25) is 0 Å². The average Bonchev–Trinajstić information content (AvgIpc) is 3.33. The van der Waals surface area contributed by atoms with Gasteiger partial charge in [-0.2, -0.15) is 0 Å². The van der Waals surface area contributed by atoms with E-state index < -0.39 is 0 Å². The topological polar surface area (TPSA) is 42.0 Å². The van der Waals surface area contributed by atoms with E-state index in [4.69, 9.17) is 9.47 Å². The summed E-state index contributed by atoms with van der Waals surface area (Å²) >= 11 is 0. The first kappa shape index (κ1) is 22.1. The molecule has 1 saturated heterocycles. The van der Waals surface area contributed by atoms with E-state index in [-0.39, 0.29) is 30.4 Å². The standard InChI is InChI=1S/C27H24F2N2O3/c28-22-7-3-20(4-8-22)27(21-5-9-23(29)10-6-21)31-15-13-30(14-16-31)26(32)12-2-19-1-11-24-25(17-19)34-18-33-24/h1-12,17,27H,13-16,18H2/b12-2+. The third-order valence-electron chi connectivity index (χ3n) is 6.18. The third-order valence-corrected chi connectivity index (χ3v) is 6.18. The fraction of sp³-hybridized carbons (Fsp3) is 0.222. The van der Waals surface area contributed by atoms with Gasteiger partial charge >= 0.3 is 0 Å². The average molecular weight is 462 g/mol. The molecule has 0 aliphatic carbocycles. The van der Waals surface area contributed by atoms with Crippen molar-refractivity contribution in [1.29, 1.82) is 0 Å². The highest BCUT2D eigenvalue weighted by atomic mass is 19.1. The number of benzene rings is 3. The van der Waals surface area contributed by atoms with Crippen molar-refractivity contribution in [2.24, 2.45) is 0 Å². The molecular formula is C27H24F2N2O3. The Balaban J connectivity index is 1.27. The minimum Gasteiger partial charge on any atom is -0.454 e. The summed E-state index contributed by atoms with van der Waals surface area (Å²) in [5, 5.41) is 0. The van der Waals surface area contributed by atoms with Gasteiger partial charge in [0.05, 0.1) is 6.04 Å². The van der Waals surface area contributed by atoms with Gasteiger partial charge in [0.1, 0.15) is 11.6 Å². The van der Waals surface area contributed by atoms with Gasteiger partial charge in [-0.3, -0.25) is 9.69 Å². The van der Waals surface area contributed by atoms with E-state index in [0.29, 0.717) is 37.7 Å². The maximum Gasteiger partial charge on any atom is 0.246 e. The van der Waals surface area contributed by atoms with Crippen LogP contribution in [0.5, 0.6) is 11.5 Å². The largest absolute Gasteiger partial charge is 0.454 e. The normalized spacial score (nSPS) is 15.9. The van der Waals surface area contributed by atoms with Crippen LogP contribution in [0.15, 0.2) is 72.8 Å². The van der Waals surface area contributed by atoms with Crippen LogP contribution < -0.4 is 9.47 Å². The van der Waals surface area contributed by atoms with Crippen LogP contribution in [0.4, 0.5) is 8.78 Å². The molecule has 0 radical (unpaired) electrons. The minimum absolute atomic E-state index is 0.0579. The molecule has 0 saturated carbocycles. The molecule has 2 heterocycles. The summed E-state index contributed by atoms with van der Waals surface area (Å²) in [5.41, 5.74) is 2.72. The lowest BCUT2D eigenvalue weighted by atomic mass is 9.96. The zero-order valence-electron chi connectivity index (χ0n) is 18.5. The lowest BCUT2D eigenvalue weighted by Gasteiger charge is -2.39. The van der Waals surface area contributed by atoms with Crippen molar-refractivity contribution in [3.63, 3.8) is 0 Å². The van der Waals surface area contributed by atoms with Gasteiger partial charge < -0.3 is 14.4 Å². The van der Waals surface area contributed by atoms with Gasteiger partial charge in [-0.25, -0.2) is 8.78 Å². The molecule has 3 aromatic rings. The first-order valence-electron chi connectivity index (χ1n) is 11.2. The van der Waals surface area contributed by atoms with E-state index in [1.807, 2.05) is 23.1 Å². The molecule has 2 aliphatic rings. The Bertz CT molecular complexity index is 1140.